The van der Waals surface area contributed by atoms with Crippen LogP contribution in [0.3, 0.4) is 0 Å². The van der Waals surface area contributed by atoms with Crippen LogP contribution in [-0.2, 0) is 18.4 Å². The first kappa shape index (κ1) is 15.6. The third kappa shape index (κ3) is 3.25. The van der Waals surface area contributed by atoms with Gasteiger partial charge in [0.15, 0.2) is 0 Å². The second-order valence-electron chi connectivity index (χ2n) is 6.49. The Morgan fingerprint density at radius 1 is 1.10 bits per heavy atom. The lowest BCUT2D eigenvalue weighted by atomic mass is 9.64. The van der Waals surface area contributed by atoms with Crippen LogP contribution < -0.4 is 0 Å². The van der Waals surface area contributed by atoms with Crippen LogP contribution in [0.15, 0.2) is 18.2 Å². The molecule has 1 nitrogen and oxygen atoms in total. The molecule has 0 atom stereocenters. The van der Waals surface area contributed by atoms with E-state index < -0.39 is 0 Å². The smallest absolute Gasteiger partial charge is 0.0681 e. The van der Waals surface area contributed by atoms with Gasteiger partial charge < -0.3 is 5.11 Å². The third-order valence-electron chi connectivity index (χ3n) is 5.05. The van der Waals surface area contributed by atoms with Crippen molar-refractivity contribution in [1.82, 2.24) is 0 Å². The quantitative estimate of drug-likeness (QED) is 0.730. The van der Waals surface area contributed by atoms with Crippen molar-refractivity contribution >= 4 is 0 Å². The Bertz CT molecular complexity index is 414. The van der Waals surface area contributed by atoms with Crippen molar-refractivity contribution in [2.75, 3.05) is 0 Å². The van der Waals surface area contributed by atoms with Crippen LogP contribution in [0.1, 0.15) is 81.9 Å². The first-order valence-corrected chi connectivity index (χ1v) is 8.49. The molecule has 112 valence electrons. The molecule has 0 radical (unpaired) electrons. The van der Waals surface area contributed by atoms with Crippen molar-refractivity contribution in [3.8, 4) is 0 Å². The fraction of sp³-hybridized carbons (Fsp3) is 0.684. The van der Waals surface area contributed by atoms with Crippen molar-refractivity contribution in [2.45, 2.75) is 83.7 Å². The van der Waals surface area contributed by atoms with Gasteiger partial charge >= 0.3 is 0 Å². The highest BCUT2D eigenvalue weighted by Crippen LogP contribution is 2.45. The van der Waals surface area contributed by atoms with E-state index in [1.165, 1.54) is 57.8 Å². The summed E-state index contributed by atoms with van der Waals surface area (Å²) in [5.41, 5.74) is 4.59. The molecule has 0 amide bonds. The number of hydrogen-bond donors (Lipinski definition) is 1. The summed E-state index contributed by atoms with van der Waals surface area (Å²) in [7, 11) is 0. The summed E-state index contributed by atoms with van der Waals surface area (Å²) < 4.78 is 0. The van der Waals surface area contributed by atoms with Crippen LogP contribution in [0.25, 0.3) is 0 Å². The van der Waals surface area contributed by atoms with Crippen LogP contribution >= 0.6 is 0 Å². The van der Waals surface area contributed by atoms with Gasteiger partial charge in [0.2, 0.25) is 0 Å². The second-order valence-corrected chi connectivity index (χ2v) is 6.49. The van der Waals surface area contributed by atoms with Crippen molar-refractivity contribution in [2.24, 2.45) is 0 Å². The lowest BCUT2D eigenvalue weighted by Crippen LogP contribution is -2.31. The Kier molecular flexibility index (Phi) is 5.65. The van der Waals surface area contributed by atoms with Gasteiger partial charge in [0.05, 0.1) is 6.61 Å². The molecular weight excluding hydrogens is 244 g/mol. The van der Waals surface area contributed by atoms with Gasteiger partial charge in [-0.25, -0.2) is 0 Å². The molecule has 20 heavy (non-hydrogen) atoms. The first-order chi connectivity index (χ1) is 9.75. The predicted octanol–water partition coefficient (Wildman–Crippen LogP) is 5.13. The average molecular weight is 274 g/mol. The van der Waals surface area contributed by atoms with Gasteiger partial charge in [0.25, 0.3) is 0 Å². The van der Waals surface area contributed by atoms with E-state index in [1.807, 2.05) is 0 Å². The lowest BCUT2D eigenvalue weighted by Gasteiger charge is -2.40. The van der Waals surface area contributed by atoms with E-state index >= 15 is 0 Å². The minimum absolute atomic E-state index is 0.172. The van der Waals surface area contributed by atoms with Gasteiger partial charge in [-0.15, -0.1) is 0 Å². The molecule has 0 aliphatic heterocycles. The SMILES string of the molecule is CCCCC1(CCCC)CCCc2ccc(CO)cc21. The van der Waals surface area contributed by atoms with Crippen LogP contribution in [-0.4, -0.2) is 5.11 Å². The summed E-state index contributed by atoms with van der Waals surface area (Å²) in [6, 6.07) is 6.68. The topological polar surface area (TPSA) is 20.2 Å². The molecule has 1 aliphatic rings. The van der Waals surface area contributed by atoms with Crippen molar-refractivity contribution in [1.29, 1.82) is 0 Å². The van der Waals surface area contributed by atoms with Gasteiger partial charge in [-0.1, -0.05) is 57.7 Å². The molecule has 1 aromatic rings. The molecule has 1 aliphatic carbocycles. The highest BCUT2D eigenvalue weighted by Gasteiger charge is 2.35. The van der Waals surface area contributed by atoms with E-state index in [1.54, 1.807) is 11.1 Å². The summed E-state index contributed by atoms with van der Waals surface area (Å²) in [5.74, 6) is 0. The summed E-state index contributed by atoms with van der Waals surface area (Å²) in [4.78, 5) is 0. The normalized spacial score (nSPS) is 16.9. The number of aliphatic hydroxyl groups excluding tert-OH is 1. The number of aryl methyl sites for hydroxylation is 1. The minimum atomic E-state index is 0.172. The largest absolute Gasteiger partial charge is 0.392 e. The third-order valence-corrected chi connectivity index (χ3v) is 5.05. The molecule has 1 aromatic carbocycles. The minimum Gasteiger partial charge on any atom is -0.392 e. The van der Waals surface area contributed by atoms with Crippen LogP contribution in [0.2, 0.25) is 0 Å². The second kappa shape index (κ2) is 7.26. The Balaban J connectivity index is 2.36. The Morgan fingerprint density at radius 2 is 1.80 bits per heavy atom. The molecule has 1 N–H and O–H groups in total. The molecular formula is C19H30O. The Morgan fingerprint density at radius 3 is 2.40 bits per heavy atom. The van der Waals surface area contributed by atoms with Crippen molar-refractivity contribution in [3.05, 3.63) is 34.9 Å². The zero-order valence-electron chi connectivity index (χ0n) is 13.3. The van der Waals surface area contributed by atoms with Gasteiger partial charge in [-0.05, 0) is 54.2 Å². The van der Waals surface area contributed by atoms with Crippen LogP contribution in [0, 0.1) is 0 Å². The van der Waals surface area contributed by atoms with Gasteiger partial charge in [-0.2, -0.15) is 0 Å². The standard InChI is InChI=1S/C19H30O/c1-3-5-11-19(12-6-4-2)13-7-8-17-10-9-16(15-20)14-18(17)19/h9-10,14,20H,3-8,11-13,15H2,1-2H3. The fourth-order valence-electron chi connectivity index (χ4n) is 3.86. The van der Waals surface area contributed by atoms with Crippen LogP contribution in [0.5, 0.6) is 0 Å². The number of unbranched alkanes of at least 4 members (excludes halogenated alkanes) is 2. The molecule has 0 fully saturated rings. The van der Waals surface area contributed by atoms with E-state index in [0.717, 1.165) is 5.56 Å². The number of fused-ring (bicyclic) bond motifs is 1. The maximum atomic E-state index is 9.46. The molecule has 0 spiro atoms. The van der Waals surface area contributed by atoms with Crippen molar-refractivity contribution < 1.29 is 5.11 Å². The molecule has 0 unspecified atom stereocenters. The fourth-order valence-corrected chi connectivity index (χ4v) is 3.86. The highest BCUT2D eigenvalue weighted by atomic mass is 16.3. The van der Waals surface area contributed by atoms with E-state index in [4.69, 9.17) is 0 Å². The molecule has 0 saturated heterocycles. The molecule has 2 rings (SSSR count). The molecule has 0 saturated carbocycles. The van der Waals surface area contributed by atoms with Gasteiger partial charge in [0, 0.05) is 0 Å². The predicted molar refractivity (Wildman–Crippen MR) is 86.0 cm³/mol. The van der Waals surface area contributed by atoms with Gasteiger partial charge in [0.1, 0.15) is 0 Å². The monoisotopic (exact) mass is 274 g/mol. The maximum absolute atomic E-state index is 9.46. The first-order valence-electron chi connectivity index (χ1n) is 8.49. The van der Waals surface area contributed by atoms with Crippen LogP contribution in [0.4, 0.5) is 0 Å². The Hall–Kier alpha value is -0.820. The summed E-state index contributed by atoms with van der Waals surface area (Å²) in [6.45, 7) is 4.76. The molecule has 0 aromatic heterocycles. The Labute approximate surface area is 124 Å². The van der Waals surface area contributed by atoms with Crippen molar-refractivity contribution in [3.63, 3.8) is 0 Å². The maximum Gasteiger partial charge on any atom is 0.0681 e. The zero-order valence-corrected chi connectivity index (χ0v) is 13.3. The van der Waals surface area contributed by atoms with E-state index in [-0.39, 0.29) is 6.61 Å². The molecule has 0 bridgehead atoms. The highest BCUT2D eigenvalue weighted by molar-refractivity contribution is 5.40. The van der Waals surface area contributed by atoms with Gasteiger partial charge in [-0.3, -0.25) is 0 Å². The molecule has 0 heterocycles. The number of benzene rings is 1. The van der Waals surface area contributed by atoms with E-state index in [0.29, 0.717) is 5.41 Å². The van der Waals surface area contributed by atoms with E-state index in [9.17, 15) is 5.11 Å². The summed E-state index contributed by atoms with van der Waals surface area (Å²) in [6.07, 6.45) is 11.8. The summed E-state index contributed by atoms with van der Waals surface area (Å²) in [5, 5.41) is 9.46. The molecule has 1 heteroatoms. The zero-order chi connectivity index (χ0) is 14.4. The van der Waals surface area contributed by atoms with E-state index in [2.05, 4.69) is 32.0 Å². The number of rotatable bonds is 7. The lowest BCUT2D eigenvalue weighted by molar-refractivity contribution is 0.277. The average Bonchev–Trinajstić information content (AvgIpc) is 2.50. The number of hydrogen-bond acceptors (Lipinski definition) is 1. The summed E-state index contributed by atoms with van der Waals surface area (Å²) >= 11 is 0. The number of aliphatic hydroxyl groups is 1.